The van der Waals surface area contributed by atoms with Gasteiger partial charge in [-0.25, -0.2) is 0 Å². The summed E-state index contributed by atoms with van der Waals surface area (Å²) in [6.07, 6.45) is 1.07. The fourth-order valence-electron chi connectivity index (χ4n) is 1.53. The highest BCUT2D eigenvalue weighted by Gasteiger charge is 2.13. The summed E-state index contributed by atoms with van der Waals surface area (Å²) in [5.74, 6) is 6.19. The SMILES string of the molecule is CC#C/C(=C(\C)CC)N1CCOCC1. The number of ether oxygens (including phenoxy) is 1. The Morgan fingerprint density at radius 3 is 2.50 bits per heavy atom. The van der Waals surface area contributed by atoms with E-state index in [-0.39, 0.29) is 0 Å². The van der Waals surface area contributed by atoms with Crippen molar-refractivity contribution in [3.8, 4) is 11.8 Å². The lowest BCUT2D eigenvalue weighted by Gasteiger charge is -2.29. The van der Waals surface area contributed by atoms with E-state index in [1.165, 1.54) is 11.3 Å². The number of morpholine rings is 1. The van der Waals surface area contributed by atoms with Gasteiger partial charge in [-0.3, -0.25) is 0 Å². The van der Waals surface area contributed by atoms with Crippen LogP contribution in [0.4, 0.5) is 0 Å². The minimum Gasteiger partial charge on any atom is -0.378 e. The summed E-state index contributed by atoms with van der Waals surface area (Å²) in [7, 11) is 0. The van der Waals surface area contributed by atoms with Crippen LogP contribution in [0.3, 0.4) is 0 Å². The van der Waals surface area contributed by atoms with E-state index in [1.54, 1.807) is 0 Å². The molecular weight excluding hydrogens is 174 g/mol. The molecule has 0 amide bonds. The Balaban J connectivity index is 2.79. The second kappa shape index (κ2) is 5.72. The molecule has 0 aliphatic carbocycles. The van der Waals surface area contributed by atoms with E-state index in [2.05, 4.69) is 30.6 Å². The van der Waals surface area contributed by atoms with Crippen molar-refractivity contribution in [1.29, 1.82) is 0 Å². The van der Waals surface area contributed by atoms with Crippen molar-refractivity contribution >= 4 is 0 Å². The van der Waals surface area contributed by atoms with Crippen LogP contribution in [0.1, 0.15) is 27.2 Å². The van der Waals surface area contributed by atoms with E-state index >= 15 is 0 Å². The zero-order valence-corrected chi connectivity index (χ0v) is 9.39. The number of hydrogen-bond donors (Lipinski definition) is 0. The lowest BCUT2D eigenvalue weighted by molar-refractivity contribution is 0.0554. The van der Waals surface area contributed by atoms with Crippen LogP contribution < -0.4 is 0 Å². The molecule has 0 aromatic carbocycles. The molecule has 0 bridgehead atoms. The molecule has 1 heterocycles. The monoisotopic (exact) mass is 193 g/mol. The molecule has 0 aromatic rings. The molecule has 1 aliphatic rings. The van der Waals surface area contributed by atoms with E-state index in [1.807, 2.05) is 6.92 Å². The fourth-order valence-corrected chi connectivity index (χ4v) is 1.53. The normalized spacial score (nSPS) is 18.4. The van der Waals surface area contributed by atoms with Gasteiger partial charge in [0.2, 0.25) is 0 Å². The van der Waals surface area contributed by atoms with Gasteiger partial charge in [0.05, 0.1) is 18.9 Å². The Morgan fingerprint density at radius 2 is 2.00 bits per heavy atom. The summed E-state index contributed by atoms with van der Waals surface area (Å²) >= 11 is 0. The van der Waals surface area contributed by atoms with Gasteiger partial charge < -0.3 is 9.64 Å². The summed E-state index contributed by atoms with van der Waals surface area (Å²) in [6.45, 7) is 9.83. The smallest absolute Gasteiger partial charge is 0.0869 e. The average molecular weight is 193 g/mol. The predicted molar refractivity (Wildman–Crippen MR) is 58.8 cm³/mol. The average Bonchev–Trinajstić information content (AvgIpc) is 2.26. The van der Waals surface area contributed by atoms with Crippen LogP contribution in [-0.2, 0) is 4.74 Å². The molecule has 0 saturated carbocycles. The maximum atomic E-state index is 5.33. The van der Waals surface area contributed by atoms with Crippen molar-refractivity contribution < 1.29 is 4.74 Å². The molecule has 0 spiro atoms. The molecule has 0 N–H and O–H groups in total. The van der Waals surface area contributed by atoms with Gasteiger partial charge in [0.25, 0.3) is 0 Å². The second-order valence-electron chi connectivity index (χ2n) is 3.46. The summed E-state index contributed by atoms with van der Waals surface area (Å²) in [6, 6.07) is 0. The Labute approximate surface area is 86.9 Å². The van der Waals surface area contributed by atoms with Gasteiger partial charge in [-0.1, -0.05) is 12.8 Å². The Hall–Kier alpha value is -0.940. The van der Waals surface area contributed by atoms with E-state index in [9.17, 15) is 0 Å². The molecular formula is C12H19NO. The molecule has 2 nitrogen and oxygen atoms in total. The second-order valence-corrected chi connectivity index (χ2v) is 3.46. The maximum absolute atomic E-state index is 5.33. The summed E-state index contributed by atoms with van der Waals surface area (Å²) in [5.41, 5.74) is 2.58. The van der Waals surface area contributed by atoms with Crippen LogP contribution in [-0.4, -0.2) is 31.2 Å². The highest BCUT2D eigenvalue weighted by molar-refractivity contribution is 5.31. The van der Waals surface area contributed by atoms with Gasteiger partial charge in [-0.15, -0.1) is 0 Å². The van der Waals surface area contributed by atoms with Crippen molar-refractivity contribution in [3.63, 3.8) is 0 Å². The maximum Gasteiger partial charge on any atom is 0.0869 e. The van der Waals surface area contributed by atoms with Gasteiger partial charge in [-0.2, -0.15) is 0 Å². The van der Waals surface area contributed by atoms with Gasteiger partial charge >= 0.3 is 0 Å². The van der Waals surface area contributed by atoms with Crippen LogP contribution in [0.2, 0.25) is 0 Å². The van der Waals surface area contributed by atoms with E-state index < -0.39 is 0 Å². The zero-order chi connectivity index (χ0) is 10.4. The van der Waals surface area contributed by atoms with Crippen LogP contribution in [0.15, 0.2) is 11.3 Å². The molecule has 1 fully saturated rings. The first kappa shape index (κ1) is 11.1. The van der Waals surface area contributed by atoms with Crippen molar-refractivity contribution in [2.75, 3.05) is 26.3 Å². The quantitative estimate of drug-likeness (QED) is 0.622. The van der Waals surface area contributed by atoms with Gasteiger partial charge in [-0.05, 0) is 31.8 Å². The van der Waals surface area contributed by atoms with Crippen LogP contribution in [0, 0.1) is 11.8 Å². The zero-order valence-electron chi connectivity index (χ0n) is 9.39. The third-order valence-electron chi connectivity index (χ3n) is 2.51. The van der Waals surface area contributed by atoms with Crippen molar-refractivity contribution in [1.82, 2.24) is 4.90 Å². The standard InChI is InChI=1S/C12H19NO/c1-4-6-12(11(3)5-2)13-7-9-14-10-8-13/h5,7-10H2,1-3H3/b12-11-. The first-order valence-corrected chi connectivity index (χ1v) is 5.24. The first-order valence-electron chi connectivity index (χ1n) is 5.24. The van der Waals surface area contributed by atoms with Crippen molar-refractivity contribution in [2.24, 2.45) is 0 Å². The Morgan fingerprint density at radius 1 is 1.36 bits per heavy atom. The van der Waals surface area contributed by atoms with E-state index in [0.29, 0.717) is 0 Å². The number of allylic oxidation sites excluding steroid dienone is 2. The topological polar surface area (TPSA) is 12.5 Å². The van der Waals surface area contributed by atoms with Crippen LogP contribution in [0.25, 0.3) is 0 Å². The van der Waals surface area contributed by atoms with Gasteiger partial charge in [0.15, 0.2) is 0 Å². The molecule has 0 atom stereocenters. The first-order chi connectivity index (χ1) is 6.79. The third-order valence-corrected chi connectivity index (χ3v) is 2.51. The Bertz CT molecular complexity index is 264. The van der Waals surface area contributed by atoms with Gasteiger partial charge in [0.1, 0.15) is 0 Å². The number of hydrogen-bond acceptors (Lipinski definition) is 2. The highest BCUT2D eigenvalue weighted by atomic mass is 16.5. The number of nitrogens with zero attached hydrogens (tertiary/aromatic N) is 1. The summed E-state index contributed by atoms with van der Waals surface area (Å²) < 4.78 is 5.33. The largest absolute Gasteiger partial charge is 0.378 e. The molecule has 78 valence electrons. The van der Waals surface area contributed by atoms with E-state index in [0.717, 1.165) is 32.7 Å². The molecule has 0 aromatic heterocycles. The van der Waals surface area contributed by atoms with Crippen LogP contribution >= 0.6 is 0 Å². The minimum atomic E-state index is 0.825. The van der Waals surface area contributed by atoms with Crippen LogP contribution in [0.5, 0.6) is 0 Å². The van der Waals surface area contributed by atoms with Gasteiger partial charge in [0, 0.05) is 13.1 Å². The van der Waals surface area contributed by atoms with Crippen molar-refractivity contribution in [3.05, 3.63) is 11.3 Å². The predicted octanol–water partition coefficient (Wildman–Crippen LogP) is 2.03. The minimum absolute atomic E-state index is 0.825. The molecule has 1 saturated heterocycles. The molecule has 2 heteroatoms. The molecule has 1 aliphatic heterocycles. The fraction of sp³-hybridized carbons (Fsp3) is 0.667. The highest BCUT2D eigenvalue weighted by Crippen LogP contribution is 2.14. The lowest BCUT2D eigenvalue weighted by atomic mass is 10.1. The summed E-state index contributed by atoms with van der Waals surface area (Å²) in [5, 5.41) is 0. The van der Waals surface area contributed by atoms with E-state index in [4.69, 9.17) is 4.74 Å². The summed E-state index contributed by atoms with van der Waals surface area (Å²) in [4.78, 5) is 2.33. The molecule has 0 unspecified atom stereocenters. The molecule has 0 radical (unpaired) electrons. The number of rotatable bonds is 2. The van der Waals surface area contributed by atoms with Crippen molar-refractivity contribution in [2.45, 2.75) is 27.2 Å². The molecule has 1 rings (SSSR count). The Kier molecular flexibility index (Phi) is 4.55. The third kappa shape index (κ3) is 2.78. The molecule has 14 heavy (non-hydrogen) atoms. The lowest BCUT2D eigenvalue weighted by Crippen LogP contribution is -2.35.